The number of nitrogens with one attached hydrogen (secondary N) is 1. The SMILES string of the molecule is CC(=O)O[C@]12CO[C@@H]1C[C@H](O)[C@@]1(C)C(=O)[C@H](O)C3=C(C)[C@H](OC(=O)[C@@H](O)[C@@H](NC(=O)OC(C)(C)CO)c4ccccc4)C[C@@](O)([C@H](OC(=O)c4ccccc4)[C@H]21)C3(C)C. The molecular formula is C43H53NO15. The molecule has 2 aromatic rings. The van der Waals surface area contributed by atoms with Gasteiger partial charge in [-0.05, 0) is 56.5 Å². The summed E-state index contributed by atoms with van der Waals surface area (Å²) in [4.78, 5) is 69.0. The van der Waals surface area contributed by atoms with E-state index in [2.05, 4.69) is 5.32 Å². The summed E-state index contributed by atoms with van der Waals surface area (Å²) in [6.07, 6.45) is -11.8. The number of fused-ring (bicyclic) bond motifs is 5. The van der Waals surface area contributed by atoms with Crippen LogP contribution in [0.4, 0.5) is 4.79 Å². The van der Waals surface area contributed by atoms with Gasteiger partial charge in [-0.3, -0.25) is 9.59 Å². The Morgan fingerprint density at radius 2 is 1.59 bits per heavy atom. The molecular weight excluding hydrogens is 770 g/mol. The highest BCUT2D eigenvalue weighted by Gasteiger charge is 2.78. The van der Waals surface area contributed by atoms with E-state index in [1.54, 1.807) is 36.4 Å². The largest absolute Gasteiger partial charge is 0.456 e. The fourth-order valence-electron chi connectivity index (χ4n) is 9.56. The predicted octanol–water partition coefficient (Wildman–Crippen LogP) is 2.23. The quantitative estimate of drug-likeness (QED) is 0.114. The summed E-state index contributed by atoms with van der Waals surface area (Å²) >= 11 is 0. The van der Waals surface area contributed by atoms with Crippen LogP contribution in [-0.4, -0.2) is 122 Å². The van der Waals surface area contributed by atoms with Crippen LogP contribution in [0.25, 0.3) is 0 Å². The molecule has 2 aromatic carbocycles. The highest BCUT2D eigenvalue weighted by atomic mass is 16.6. The summed E-state index contributed by atoms with van der Waals surface area (Å²) in [5.41, 5.74) is -8.74. The van der Waals surface area contributed by atoms with E-state index in [1.807, 2.05) is 0 Å². The van der Waals surface area contributed by atoms with Gasteiger partial charge in [0.2, 0.25) is 0 Å². The summed E-state index contributed by atoms with van der Waals surface area (Å²) in [6, 6.07) is 14.3. The number of aliphatic hydroxyl groups is 5. The topological polar surface area (TPSA) is 245 Å². The number of ketones is 1. The first-order valence-corrected chi connectivity index (χ1v) is 19.5. The molecule has 3 aliphatic carbocycles. The Morgan fingerprint density at radius 3 is 2.15 bits per heavy atom. The van der Waals surface area contributed by atoms with Crippen molar-refractivity contribution in [3.05, 3.63) is 82.9 Å². The molecule has 0 spiro atoms. The number of hydrogen-bond acceptors (Lipinski definition) is 15. The van der Waals surface area contributed by atoms with Crippen LogP contribution in [0.2, 0.25) is 0 Å². The summed E-state index contributed by atoms with van der Waals surface area (Å²) in [5, 5.41) is 61.1. The number of benzene rings is 2. The standard InChI is InChI=1S/C43H53NO15/c1-22-26(56-37(52)32(49)30(24-14-10-8-11-15-24)44-38(53)59-39(3,4)20-45)19-43(54)35(57-36(51)25-16-12-9-13-17-25)33-41(7,34(50)31(48)29(22)40(43,5)6)27(47)18-28-42(33,21-55-28)58-23(2)46/h8-17,26-28,30-33,35,45,47-49,54H,18-21H2,1-7H3,(H,44,53)/t26-,27+,28-,30+,31-,32+,33+,35-,41-,42-,43-/m1/s1. The molecule has 0 unspecified atom stereocenters. The minimum atomic E-state index is -2.38. The molecule has 1 amide bonds. The molecule has 0 radical (unpaired) electrons. The van der Waals surface area contributed by atoms with E-state index >= 15 is 0 Å². The lowest BCUT2D eigenvalue weighted by Gasteiger charge is -2.67. The molecule has 2 saturated carbocycles. The Balaban J connectivity index is 1.48. The molecule has 4 aliphatic rings. The van der Waals surface area contributed by atoms with Crippen LogP contribution >= 0.6 is 0 Å². The fraction of sp³-hybridized carbons (Fsp3) is 0.558. The maximum atomic E-state index is 15.0. The second-order valence-corrected chi connectivity index (χ2v) is 17.4. The smallest absolute Gasteiger partial charge is 0.408 e. The molecule has 16 nitrogen and oxygen atoms in total. The third-order valence-corrected chi connectivity index (χ3v) is 12.9. The number of rotatable bonds is 10. The molecule has 1 saturated heterocycles. The van der Waals surface area contributed by atoms with Gasteiger partial charge in [0.1, 0.15) is 35.6 Å². The lowest BCUT2D eigenvalue weighted by molar-refractivity contribution is -0.346. The van der Waals surface area contributed by atoms with E-state index in [9.17, 15) is 49.5 Å². The Kier molecular flexibility index (Phi) is 11.7. The van der Waals surface area contributed by atoms with Gasteiger partial charge in [-0.1, -0.05) is 62.4 Å². The maximum absolute atomic E-state index is 15.0. The Bertz CT molecular complexity index is 2000. The molecule has 6 rings (SSSR count). The van der Waals surface area contributed by atoms with E-state index in [1.165, 1.54) is 65.8 Å². The van der Waals surface area contributed by atoms with Gasteiger partial charge < -0.3 is 54.5 Å². The first-order valence-electron chi connectivity index (χ1n) is 19.5. The van der Waals surface area contributed by atoms with Crippen LogP contribution in [0.15, 0.2) is 71.8 Å². The molecule has 16 heteroatoms. The second kappa shape index (κ2) is 15.7. The van der Waals surface area contributed by atoms with Gasteiger partial charge in [-0.15, -0.1) is 0 Å². The van der Waals surface area contributed by atoms with Crippen molar-refractivity contribution >= 4 is 29.8 Å². The number of Topliss-reactive ketones (excluding diaryl/α,β-unsaturated/α-hetero) is 1. The minimum absolute atomic E-state index is 0.0672. The Labute approximate surface area is 341 Å². The van der Waals surface area contributed by atoms with Gasteiger partial charge in [-0.2, -0.15) is 0 Å². The highest BCUT2D eigenvalue weighted by Crippen LogP contribution is 2.64. The summed E-state index contributed by atoms with van der Waals surface area (Å²) < 4.78 is 29.4. The summed E-state index contributed by atoms with van der Waals surface area (Å²) in [7, 11) is 0. The van der Waals surface area contributed by atoms with Crippen molar-refractivity contribution in [3.8, 4) is 0 Å². The zero-order valence-electron chi connectivity index (χ0n) is 34.0. The molecule has 3 fully saturated rings. The summed E-state index contributed by atoms with van der Waals surface area (Å²) in [6.45, 7) is 9.14. The van der Waals surface area contributed by atoms with Crippen molar-refractivity contribution in [2.24, 2.45) is 16.7 Å². The van der Waals surface area contributed by atoms with Crippen LogP contribution in [0.1, 0.15) is 83.3 Å². The average molecular weight is 824 g/mol. The number of ether oxygens (including phenoxy) is 5. The number of aliphatic hydroxyl groups excluding tert-OH is 4. The van der Waals surface area contributed by atoms with Crippen LogP contribution in [0.5, 0.6) is 0 Å². The fourth-order valence-corrected chi connectivity index (χ4v) is 9.56. The number of alkyl carbamates (subject to hydrolysis) is 1. The number of hydrogen-bond donors (Lipinski definition) is 6. The molecule has 11 atom stereocenters. The molecule has 1 aliphatic heterocycles. The van der Waals surface area contributed by atoms with Crippen molar-refractivity contribution < 1.29 is 73.2 Å². The van der Waals surface area contributed by atoms with E-state index < -0.39 is 119 Å². The van der Waals surface area contributed by atoms with Crippen molar-refractivity contribution in [2.75, 3.05) is 13.2 Å². The van der Waals surface area contributed by atoms with Gasteiger partial charge in [0.25, 0.3) is 0 Å². The van der Waals surface area contributed by atoms with Crippen molar-refractivity contribution in [2.45, 2.75) is 121 Å². The monoisotopic (exact) mass is 823 g/mol. The Hall–Kier alpha value is -4.71. The second-order valence-electron chi connectivity index (χ2n) is 17.4. The van der Waals surface area contributed by atoms with Gasteiger partial charge in [0.15, 0.2) is 17.5 Å². The van der Waals surface area contributed by atoms with Gasteiger partial charge >= 0.3 is 24.0 Å². The van der Waals surface area contributed by atoms with Crippen molar-refractivity contribution in [1.82, 2.24) is 5.32 Å². The number of carbonyl (C=O) groups is 5. The third-order valence-electron chi connectivity index (χ3n) is 12.9. The van der Waals surface area contributed by atoms with E-state index in [0.717, 1.165) is 6.92 Å². The molecule has 59 heavy (non-hydrogen) atoms. The zero-order valence-corrected chi connectivity index (χ0v) is 34.0. The number of esters is 3. The Morgan fingerprint density at radius 1 is 0.983 bits per heavy atom. The van der Waals surface area contributed by atoms with Crippen LogP contribution < -0.4 is 5.32 Å². The van der Waals surface area contributed by atoms with Gasteiger partial charge in [-0.25, -0.2) is 14.4 Å². The normalized spacial score (nSPS) is 33.3. The molecule has 1 heterocycles. The lowest BCUT2D eigenvalue weighted by atomic mass is 9.44. The van der Waals surface area contributed by atoms with Crippen LogP contribution in [0.3, 0.4) is 0 Å². The maximum Gasteiger partial charge on any atom is 0.408 e. The van der Waals surface area contributed by atoms with Crippen LogP contribution in [-0.2, 0) is 38.1 Å². The van der Waals surface area contributed by atoms with Gasteiger partial charge in [0, 0.05) is 25.2 Å². The highest BCUT2D eigenvalue weighted by molar-refractivity contribution is 5.94. The van der Waals surface area contributed by atoms with E-state index in [-0.39, 0.29) is 35.3 Å². The zero-order chi connectivity index (χ0) is 43.5. The van der Waals surface area contributed by atoms with Gasteiger partial charge in [0.05, 0.1) is 42.3 Å². The molecule has 320 valence electrons. The first kappa shape index (κ1) is 43.9. The van der Waals surface area contributed by atoms with Crippen molar-refractivity contribution in [3.63, 3.8) is 0 Å². The number of amides is 1. The van der Waals surface area contributed by atoms with E-state index in [4.69, 9.17) is 23.7 Å². The predicted molar refractivity (Wildman–Crippen MR) is 205 cm³/mol. The molecule has 2 bridgehead atoms. The first-order chi connectivity index (χ1) is 27.6. The van der Waals surface area contributed by atoms with Crippen LogP contribution in [0, 0.1) is 16.7 Å². The molecule has 6 N–H and O–H groups in total. The summed E-state index contributed by atoms with van der Waals surface area (Å²) in [5.74, 6) is -5.47. The third kappa shape index (κ3) is 7.33. The minimum Gasteiger partial charge on any atom is -0.456 e. The van der Waals surface area contributed by atoms with E-state index in [0.29, 0.717) is 0 Å². The number of carbonyl (C=O) groups excluding carboxylic acids is 5. The van der Waals surface area contributed by atoms with Crippen molar-refractivity contribution in [1.29, 1.82) is 0 Å². The molecule has 0 aromatic heterocycles. The average Bonchev–Trinajstić information content (AvgIpc) is 3.18. The lowest BCUT2D eigenvalue weighted by Crippen LogP contribution is -2.81.